The minimum absolute atomic E-state index is 0.125. The number of carbonyl (C=O) groups excluding carboxylic acids is 1. The van der Waals surface area contributed by atoms with E-state index in [-0.39, 0.29) is 11.4 Å². The van der Waals surface area contributed by atoms with Crippen LogP contribution in [-0.2, 0) is 11.3 Å². The number of fused-ring (bicyclic) bond motifs is 2. The number of amides is 1. The van der Waals surface area contributed by atoms with Crippen molar-refractivity contribution in [3.05, 3.63) is 107 Å². The molecule has 1 aromatic heterocycles. The van der Waals surface area contributed by atoms with E-state index in [1.807, 2.05) is 90.5 Å². The first-order chi connectivity index (χ1) is 18.6. The Labute approximate surface area is 224 Å². The van der Waals surface area contributed by atoms with Crippen molar-refractivity contribution in [1.29, 1.82) is 5.41 Å². The van der Waals surface area contributed by atoms with Gasteiger partial charge in [-0.25, -0.2) is 0 Å². The first kappa shape index (κ1) is 23.8. The number of aliphatic imine (C=N–C) groups is 1. The molecule has 4 aromatic rings. The van der Waals surface area contributed by atoms with E-state index in [0.29, 0.717) is 18.3 Å². The molecule has 0 fully saturated rings. The summed E-state index contributed by atoms with van der Waals surface area (Å²) >= 11 is 1.36. The molecule has 1 amide bonds. The molecule has 3 heterocycles. The molecule has 0 bridgehead atoms. The van der Waals surface area contributed by atoms with E-state index in [4.69, 9.17) is 14.9 Å². The fourth-order valence-corrected chi connectivity index (χ4v) is 5.47. The van der Waals surface area contributed by atoms with Crippen molar-refractivity contribution in [3.63, 3.8) is 0 Å². The van der Waals surface area contributed by atoms with Gasteiger partial charge in [0.25, 0.3) is 5.91 Å². The largest absolute Gasteiger partial charge is 0.497 e. The van der Waals surface area contributed by atoms with Gasteiger partial charge in [0, 0.05) is 28.1 Å². The molecule has 3 aromatic carbocycles. The van der Waals surface area contributed by atoms with Crippen molar-refractivity contribution in [2.75, 3.05) is 13.7 Å². The summed E-state index contributed by atoms with van der Waals surface area (Å²) in [6.45, 7) is 1.09. The summed E-state index contributed by atoms with van der Waals surface area (Å²) in [4.78, 5) is 19.1. The highest BCUT2D eigenvalue weighted by Crippen LogP contribution is 2.37. The van der Waals surface area contributed by atoms with Crippen LogP contribution in [0.5, 0.6) is 11.5 Å². The summed E-state index contributed by atoms with van der Waals surface area (Å²) in [5.41, 5.74) is 3.95. The Bertz CT molecular complexity index is 1640. The van der Waals surface area contributed by atoms with Crippen LogP contribution in [-0.4, -0.2) is 40.1 Å². The van der Waals surface area contributed by atoms with Crippen LogP contribution in [0.15, 0.2) is 101 Å². The molecule has 0 saturated carbocycles. The third-order valence-electron chi connectivity index (χ3n) is 6.46. The average Bonchev–Trinajstić information content (AvgIpc) is 3.53. The van der Waals surface area contributed by atoms with E-state index in [1.54, 1.807) is 18.1 Å². The molecule has 8 heteroatoms. The Balaban J connectivity index is 1.28. The number of thioether (sulfide) groups is 1. The van der Waals surface area contributed by atoms with Gasteiger partial charge in [-0.1, -0.05) is 60.3 Å². The number of para-hydroxylation sites is 1. The molecule has 188 valence electrons. The number of nitrogens with zero attached hydrogens (tertiary/aromatic N) is 3. The number of methoxy groups -OCH3 is 1. The van der Waals surface area contributed by atoms with Crippen LogP contribution in [0.25, 0.3) is 22.7 Å². The average molecular weight is 521 g/mol. The summed E-state index contributed by atoms with van der Waals surface area (Å²) < 4.78 is 13.3. The molecule has 2 aliphatic rings. The predicted molar refractivity (Wildman–Crippen MR) is 152 cm³/mol. The zero-order valence-electron chi connectivity index (χ0n) is 20.6. The first-order valence-electron chi connectivity index (χ1n) is 12.1. The second kappa shape index (κ2) is 10.1. The Hall–Kier alpha value is -4.56. The van der Waals surface area contributed by atoms with Crippen LogP contribution in [0.1, 0.15) is 11.1 Å². The zero-order valence-corrected chi connectivity index (χ0v) is 21.4. The van der Waals surface area contributed by atoms with Gasteiger partial charge in [0.2, 0.25) is 0 Å². The molecule has 0 aliphatic carbocycles. The van der Waals surface area contributed by atoms with E-state index < -0.39 is 5.91 Å². The standard InChI is InChI=1S/C30H24N4O3S/c1-36-22-11-13-23(14-12-22)37-16-15-33-18-21(24-9-5-6-10-26(24)33)17-25-28(31)34-27(20-7-3-2-4-8-20)19-38-30(34)32-29(25)35/h2-14,17-19,31H,15-16H2,1H3. The van der Waals surface area contributed by atoms with Crippen molar-refractivity contribution in [2.45, 2.75) is 6.54 Å². The SMILES string of the molecule is COc1ccc(OCCn2cc(C=C3C(=N)N4C(c5ccccc5)=CSC4=NC3=O)c3ccccc32)cc1. The maximum atomic E-state index is 13.0. The number of carbonyl (C=O) groups is 1. The number of aromatic nitrogens is 1. The Morgan fingerprint density at radius 2 is 1.71 bits per heavy atom. The van der Waals surface area contributed by atoms with Gasteiger partial charge in [-0.2, -0.15) is 4.99 Å². The highest BCUT2D eigenvalue weighted by atomic mass is 32.2. The Morgan fingerprint density at radius 3 is 2.50 bits per heavy atom. The van der Waals surface area contributed by atoms with Gasteiger partial charge in [0.1, 0.15) is 23.9 Å². The monoisotopic (exact) mass is 520 g/mol. The van der Waals surface area contributed by atoms with E-state index >= 15 is 0 Å². The number of rotatable bonds is 7. The predicted octanol–water partition coefficient (Wildman–Crippen LogP) is 6.03. The molecule has 1 N–H and O–H groups in total. The second-order valence-electron chi connectivity index (χ2n) is 8.75. The lowest BCUT2D eigenvalue weighted by Gasteiger charge is -2.26. The lowest BCUT2D eigenvalue weighted by Crippen LogP contribution is -2.38. The molecule has 6 rings (SSSR count). The van der Waals surface area contributed by atoms with Crippen LogP contribution in [0, 0.1) is 5.41 Å². The molecular formula is C30H24N4O3S. The van der Waals surface area contributed by atoms with Crippen LogP contribution in [0.4, 0.5) is 0 Å². The summed E-state index contributed by atoms with van der Waals surface area (Å²) in [6, 6.07) is 25.4. The summed E-state index contributed by atoms with van der Waals surface area (Å²) in [7, 11) is 1.64. The molecular weight excluding hydrogens is 496 g/mol. The molecule has 0 spiro atoms. The van der Waals surface area contributed by atoms with Gasteiger partial charge in [-0.05, 0) is 42.0 Å². The molecule has 0 radical (unpaired) electrons. The number of benzene rings is 3. The van der Waals surface area contributed by atoms with Crippen LogP contribution in [0.3, 0.4) is 0 Å². The molecule has 7 nitrogen and oxygen atoms in total. The maximum Gasteiger partial charge on any atom is 0.283 e. The fraction of sp³-hybridized carbons (Fsp3) is 0.100. The van der Waals surface area contributed by atoms with Crippen LogP contribution < -0.4 is 9.47 Å². The minimum atomic E-state index is -0.406. The van der Waals surface area contributed by atoms with Crippen molar-refractivity contribution in [3.8, 4) is 11.5 Å². The van der Waals surface area contributed by atoms with E-state index in [9.17, 15) is 4.79 Å². The molecule has 0 atom stereocenters. The van der Waals surface area contributed by atoms with E-state index in [2.05, 4.69) is 9.56 Å². The third kappa shape index (κ3) is 4.39. The summed E-state index contributed by atoms with van der Waals surface area (Å²) in [6.07, 6.45) is 3.78. The van der Waals surface area contributed by atoms with Crippen molar-refractivity contribution in [2.24, 2.45) is 4.99 Å². The highest BCUT2D eigenvalue weighted by Gasteiger charge is 2.36. The summed E-state index contributed by atoms with van der Waals surface area (Å²) in [5.74, 6) is 1.27. The van der Waals surface area contributed by atoms with Crippen LogP contribution in [0.2, 0.25) is 0 Å². The van der Waals surface area contributed by atoms with Crippen molar-refractivity contribution >= 4 is 51.3 Å². The number of hydrogen-bond donors (Lipinski definition) is 1. The van der Waals surface area contributed by atoms with Gasteiger partial charge in [0.05, 0.1) is 24.9 Å². The lowest BCUT2D eigenvalue weighted by atomic mass is 10.1. The van der Waals surface area contributed by atoms with Gasteiger partial charge >= 0.3 is 0 Å². The van der Waals surface area contributed by atoms with Crippen molar-refractivity contribution < 1.29 is 14.3 Å². The second-order valence-corrected chi connectivity index (χ2v) is 9.58. The molecule has 0 saturated heterocycles. The number of hydrogen-bond acceptors (Lipinski definition) is 5. The first-order valence-corrected chi connectivity index (χ1v) is 13.0. The number of ether oxygens (including phenoxy) is 2. The van der Waals surface area contributed by atoms with E-state index in [0.717, 1.165) is 39.2 Å². The fourth-order valence-electron chi connectivity index (χ4n) is 4.58. The lowest BCUT2D eigenvalue weighted by molar-refractivity contribution is -0.114. The normalized spacial score (nSPS) is 16.0. The summed E-state index contributed by atoms with van der Waals surface area (Å²) in [5, 5.41) is 12.4. The topological polar surface area (TPSA) is 79.9 Å². The molecule has 2 aliphatic heterocycles. The van der Waals surface area contributed by atoms with Gasteiger partial charge in [-0.3, -0.25) is 15.1 Å². The van der Waals surface area contributed by atoms with Gasteiger partial charge < -0.3 is 14.0 Å². The van der Waals surface area contributed by atoms with Gasteiger partial charge in [0.15, 0.2) is 5.17 Å². The maximum absolute atomic E-state index is 13.0. The quantitative estimate of drug-likeness (QED) is 0.301. The number of nitrogens with one attached hydrogen (secondary N) is 1. The highest BCUT2D eigenvalue weighted by molar-refractivity contribution is 8.17. The Kier molecular flexibility index (Phi) is 6.31. The zero-order chi connectivity index (χ0) is 26.1. The van der Waals surface area contributed by atoms with Crippen molar-refractivity contribution in [1.82, 2.24) is 9.47 Å². The third-order valence-corrected chi connectivity index (χ3v) is 7.29. The number of amidine groups is 2. The van der Waals surface area contributed by atoms with Crippen LogP contribution >= 0.6 is 11.8 Å². The van der Waals surface area contributed by atoms with Gasteiger partial charge in [-0.15, -0.1) is 0 Å². The molecule has 0 unspecified atom stereocenters. The molecule has 38 heavy (non-hydrogen) atoms. The Morgan fingerprint density at radius 1 is 0.974 bits per heavy atom. The van der Waals surface area contributed by atoms with E-state index in [1.165, 1.54) is 11.8 Å². The minimum Gasteiger partial charge on any atom is -0.497 e. The smallest absolute Gasteiger partial charge is 0.283 e.